The fourth-order valence-corrected chi connectivity index (χ4v) is 4.39. The molecule has 0 bridgehead atoms. The summed E-state index contributed by atoms with van der Waals surface area (Å²) in [4.78, 5) is 5.39. The van der Waals surface area contributed by atoms with Crippen molar-refractivity contribution in [3.63, 3.8) is 0 Å². The van der Waals surface area contributed by atoms with E-state index in [1.165, 1.54) is 77.7 Å². The van der Waals surface area contributed by atoms with Crippen molar-refractivity contribution >= 4 is 0 Å². The molecule has 0 aromatic heterocycles. The van der Waals surface area contributed by atoms with Crippen LogP contribution in [0.5, 0.6) is 0 Å². The van der Waals surface area contributed by atoms with Crippen molar-refractivity contribution in [2.45, 2.75) is 70.0 Å². The third kappa shape index (κ3) is 3.50. The second-order valence-corrected chi connectivity index (χ2v) is 6.92. The van der Waals surface area contributed by atoms with E-state index in [9.17, 15) is 0 Å². The first-order valence-corrected chi connectivity index (χ1v) is 8.55. The Morgan fingerprint density at radius 3 is 2.58 bits per heavy atom. The summed E-state index contributed by atoms with van der Waals surface area (Å²) in [7, 11) is 0. The summed E-state index contributed by atoms with van der Waals surface area (Å²) in [5.74, 6) is 0. The van der Waals surface area contributed by atoms with Gasteiger partial charge in [-0.2, -0.15) is 0 Å². The summed E-state index contributed by atoms with van der Waals surface area (Å²) in [5.41, 5.74) is 0. The van der Waals surface area contributed by atoms with Crippen molar-refractivity contribution in [2.75, 3.05) is 32.7 Å². The number of piperidine rings is 2. The minimum absolute atomic E-state index is 0.657. The Balaban J connectivity index is 1.45. The number of hydrogen-bond donors (Lipinski definition) is 1. The molecule has 3 saturated heterocycles. The lowest BCUT2D eigenvalue weighted by Crippen LogP contribution is -2.50. The quantitative estimate of drug-likeness (QED) is 0.839. The van der Waals surface area contributed by atoms with Crippen molar-refractivity contribution in [1.29, 1.82) is 0 Å². The molecule has 3 rings (SSSR count). The molecular formula is C16H31N3. The van der Waals surface area contributed by atoms with E-state index < -0.39 is 0 Å². The van der Waals surface area contributed by atoms with Gasteiger partial charge in [0.2, 0.25) is 0 Å². The first-order valence-electron chi connectivity index (χ1n) is 8.55. The number of rotatable bonds is 4. The molecule has 0 aliphatic carbocycles. The summed E-state index contributed by atoms with van der Waals surface area (Å²) in [5, 5.41) is 3.94. The molecule has 3 aliphatic heterocycles. The predicted molar refractivity (Wildman–Crippen MR) is 80.5 cm³/mol. The SMILES string of the molecule is CC(CN1CCCCC1)NC1CCN2CCCCC12. The lowest BCUT2D eigenvalue weighted by Gasteiger charge is -2.35. The van der Waals surface area contributed by atoms with Crippen LogP contribution >= 0.6 is 0 Å². The molecule has 0 saturated carbocycles. The minimum Gasteiger partial charge on any atom is -0.309 e. The molecule has 0 spiro atoms. The lowest BCUT2D eigenvalue weighted by atomic mass is 9.98. The van der Waals surface area contributed by atoms with Gasteiger partial charge in [0.15, 0.2) is 0 Å². The Morgan fingerprint density at radius 2 is 1.74 bits per heavy atom. The van der Waals surface area contributed by atoms with E-state index >= 15 is 0 Å². The normalized spacial score (nSPS) is 35.2. The molecule has 3 aliphatic rings. The van der Waals surface area contributed by atoms with Gasteiger partial charge in [-0.05, 0) is 58.7 Å². The van der Waals surface area contributed by atoms with E-state index in [1.54, 1.807) is 0 Å². The third-order valence-electron chi connectivity index (χ3n) is 5.34. The minimum atomic E-state index is 0.657. The molecule has 3 heterocycles. The molecule has 0 amide bonds. The molecule has 3 heteroatoms. The highest BCUT2D eigenvalue weighted by atomic mass is 15.2. The summed E-state index contributed by atoms with van der Waals surface area (Å²) >= 11 is 0. The monoisotopic (exact) mass is 265 g/mol. The molecule has 1 N–H and O–H groups in total. The fourth-order valence-electron chi connectivity index (χ4n) is 4.39. The van der Waals surface area contributed by atoms with Gasteiger partial charge < -0.3 is 10.2 Å². The Morgan fingerprint density at radius 1 is 0.947 bits per heavy atom. The van der Waals surface area contributed by atoms with E-state index in [-0.39, 0.29) is 0 Å². The van der Waals surface area contributed by atoms with Gasteiger partial charge in [-0.15, -0.1) is 0 Å². The number of fused-ring (bicyclic) bond motifs is 1. The molecule has 0 aromatic carbocycles. The predicted octanol–water partition coefficient (Wildman–Crippen LogP) is 2.08. The molecule has 110 valence electrons. The van der Waals surface area contributed by atoms with Gasteiger partial charge in [-0.3, -0.25) is 4.90 Å². The molecule has 3 unspecified atom stereocenters. The van der Waals surface area contributed by atoms with Crippen LogP contribution in [0.4, 0.5) is 0 Å². The first-order chi connectivity index (χ1) is 9.33. The fraction of sp³-hybridized carbons (Fsp3) is 1.00. The summed E-state index contributed by atoms with van der Waals surface area (Å²) in [6.07, 6.45) is 9.92. The van der Waals surface area contributed by atoms with Crippen molar-refractivity contribution in [3.05, 3.63) is 0 Å². The van der Waals surface area contributed by atoms with Crippen LogP contribution in [0.15, 0.2) is 0 Å². The average Bonchev–Trinajstić information content (AvgIpc) is 2.83. The van der Waals surface area contributed by atoms with Gasteiger partial charge >= 0.3 is 0 Å². The topological polar surface area (TPSA) is 18.5 Å². The van der Waals surface area contributed by atoms with Crippen molar-refractivity contribution < 1.29 is 0 Å². The maximum absolute atomic E-state index is 3.94. The third-order valence-corrected chi connectivity index (χ3v) is 5.34. The number of hydrogen-bond acceptors (Lipinski definition) is 3. The molecular weight excluding hydrogens is 234 g/mol. The Kier molecular flexibility index (Phi) is 4.78. The van der Waals surface area contributed by atoms with Gasteiger partial charge in [0, 0.05) is 31.2 Å². The van der Waals surface area contributed by atoms with Crippen molar-refractivity contribution in [2.24, 2.45) is 0 Å². The van der Waals surface area contributed by atoms with Crippen LogP contribution in [-0.2, 0) is 0 Å². The summed E-state index contributed by atoms with van der Waals surface area (Å²) < 4.78 is 0. The smallest absolute Gasteiger partial charge is 0.0249 e. The van der Waals surface area contributed by atoms with Crippen LogP contribution in [0.25, 0.3) is 0 Å². The van der Waals surface area contributed by atoms with E-state index in [0.29, 0.717) is 6.04 Å². The molecule has 3 fully saturated rings. The van der Waals surface area contributed by atoms with Crippen LogP contribution in [0.1, 0.15) is 51.9 Å². The largest absolute Gasteiger partial charge is 0.309 e. The zero-order chi connectivity index (χ0) is 13.1. The Bertz CT molecular complexity index is 275. The highest BCUT2D eigenvalue weighted by molar-refractivity contribution is 4.95. The van der Waals surface area contributed by atoms with Crippen LogP contribution < -0.4 is 5.32 Å². The van der Waals surface area contributed by atoms with Gasteiger partial charge in [0.1, 0.15) is 0 Å². The standard InChI is InChI=1S/C16H31N3/c1-14(13-18-9-4-2-5-10-18)17-15-8-12-19-11-6-3-7-16(15)19/h14-17H,2-13H2,1H3. The van der Waals surface area contributed by atoms with E-state index in [1.807, 2.05) is 0 Å². The lowest BCUT2D eigenvalue weighted by molar-refractivity contribution is 0.165. The number of likely N-dealkylation sites (tertiary alicyclic amines) is 1. The van der Waals surface area contributed by atoms with E-state index in [0.717, 1.165) is 12.1 Å². The van der Waals surface area contributed by atoms with E-state index in [4.69, 9.17) is 0 Å². The maximum Gasteiger partial charge on any atom is 0.0249 e. The van der Waals surface area contributed by atoms with Crippen LogP contribution in [-0.4, -0.2) is 60.6 Å². The first kappa shape index (κ1) is 13.8. The Hall–Kier alpha value is -0.120. The molecule has 3 nitrogen and oxygen atoms in total. The van der Waals surface area contributed by atoms with Crippen molar-refractivity contribution in [3.8, 4) is 0 Å². The van der Waals surface area contributed by atoms with Crippen LogP contribution in [0.2, 0.25) is 0 Å². The average molecular weight is 265 g/mol. The van der Waals surface area contributed by atoms with Gasteiger partial charge in [-0.1, -0.05) is 12.8 Å². The second kappa shape index (κ2) is 6.55. The van der Waals surface area contributed by atoms with Crippen LogP contribution in [0, 0.1) is 0 Å². The van der Waals surface area contributed by atoms with E-state index in [2.05, 4.69) is 22.0 Å². The second-order valence-electron chi connectivity index (χ2n) is 6.92. The zero-order valence-corrected chi connectivity index (χ0v) is 12.6. The van der Waals surface area contributed by atoms with Gasteiger partial charge in [-0.25, -0.2) is 0 Å². The maximum atomic E-state index is 3.94. The number of nitrogens with zero attached hydrogens (tertiary/aromatic N) is 2. The Labute approximate surface area is 118 Å². The van der Waals surface area contributed by atoms with Crippen LogP contribution in [0.3, 0.4) is 0 Å². The highest BCUT2D eigenvalue weighted by Gasteiger charge is 2.35. The molecule has 3 atom stereocenters. The summed E-state index contributed by atoms with van der Waals surface area (Å²) in [6, 6.07) is 2.27. The van der Waals surface area contributed by atoms with Gasteiger partial charge in [0.25, 0.3) is 0 Å². The highest BCUT2D eigenvalue weighted by Crippen LogP contribution is 2.27. The molecule has 0 radical (unpaired) electrons. The molecule has 19 heavy (non-hydrogen) atoms. The number of nitrogens with one attached hydrogen (secondary N) is 1. The van der Waals surface area contributed by atoms with Crippen molar-refractivity contribution in [1.82, 2.24) is 15.1 Å². The molecule has 0 aromatic rings. The summed E-state index contributed by atoms with van der Waals surface area (Å²) in [6.45, 7) is 8.98. The zero-order valence-electron chi connectivity index (χ0n) is 12.6. The van der Waals surface area contributed by atoms with Gasteiger partial charge in [0.05, 0.1) is 0 Å².